The molecule has 0 bridgehead atoms. The van der Waals surface area contributed by atoms with E-state index in [9.17, 15) is 4.79 Å². The zero-order valence-corrected chi connectivity index (χ0v) is 9.44. The normalized spacial score (nSPS) is 32.3. The summed E-state index contributed by atoms with van der Waals surface area (Å²) in [7, 11) is 1.44. The minimum Gasteiger partial charge on any atom is -0.453 e. The number of hydrogen-bond acceptors (Lipinski definition) is 3. The van der Waals surface area contributed by atoms with Gasteiger partial charge in [-0.25, -0.2) is 4.79 Å². The van der Waals surface area contributed by atoms with Crippen LogP contribution in [0.2, 0.25) is 0 Å². The van der Waals surface area contributed by atoms with Gasteiger partial charge in [0.1, 0.15) is 0 Å². The summed E-state index contributed by atoms with van der Waals surface area (Å²) in [6.45, 7) is 4.76. The van der Waals surface area contributed by atoms with Crippen LogP contribution in [0.4, 0.5) is 4.79 Å². The van der Waals surface area contributed by atoms with Gasteiger partial charge in [0, 0.05) is 19.0 Å². The van der Waals surface area contributed by atoms with Crippen LogP contribution in [-0.4, -0.2) is 43.9 Å². The van der Waals surface area contributed by atoms with Gasteiger partial charge in [-0.3, -0.25) is 0 Å². The Balaban J connectivity index is 1.79. The van der Waals surface area contributed by atoms with Crippen molar-refractivity contribution in [2.24, 2.45) is 11.8 Å². The lowest BCUT2D eigenvalue weighted by Gasteiger charge is -2.43. The molecule has 2 aliphatic rings. The molecule has 86 valence electrons. The summed E-state index contributed by atoms with van der Waals surface area (Å²) in [4.78, 5) is 13.0. The summed E-state index contributed by atoms with van der Waals surface area (Å²) < 4.78 is 10.3. The van der Waals surface area contributed by atoms with Crippen molar-refractivity contribution in [1.82, 2.24) is 4.90 Å². The Labute approximate surface area is 90.5 Å². The van der Waals surface area contributed by atoms with Gasteiger partial charge in [0.05, 0.1) is 19.8 Å². The van der Waals surface area contributed by atoms with E-state index in [1.807, 2.05) is 0 Å². The molecule has 4 heteroatoms. The van der Waals surface area contributed by atoms with Gasteiger partial charge in [-0.05, 0) is 18.8 Å². The second kappa shape index (κ2) is 4.39. The van der Waals surface area contributed by atoms with Crippen LogP contribution in [0, 0.1) is 11.8 Å². The lowest BCUT2D eigenvalue weighted by molar-refractivity contribution is -0.144. The molecule has 1 amide bonds. The van der Waals surface area contributed by atoms with E-state index in [4.69, 9.17) is 9.47 Å². The number of nitrogens with zero attached hydrogens (tertiary/aromatic N) is 1. The quantitative estimate of drug-likeness (QED) is 0.662. The zero-order valence-electron chi connectivity index (χ0n) is 9.44. The molecule has 2 fully saturated rings. The molecule has 2 rings (SSSR count). The van der Waals surface area contributed by atoms with E-state index in [-0.39, 0.29) is 6.09 Å². The maximum absolute atomic E-state index is 11.3. The molecule has 0 aromatic heterocycles. The molecule has 0 spiro atoms. The Morgan fingerprint density at radius 3 is 2.47 bits per heavy atom. The highest BCUT2D eigenvalue weighted by atomic mass is 16.5. The maximum atomic E-state index is 11.3. The summed E-state index contributed by atoms with van der Waals surface area (Å²) in [5.41, 5.74) is 0. The topological polar surface area (TPSA) is 38.8 Å². The van der Waals surface area contributed by atoms with E-state index >= 15 is 0 Å². The Kier molecular flexibility index (Phi) is 3.14. The average Bonchev–Trinajstić information content (AvgIpc) is 2.27. The average molecular weight is 213 g/mol. The molecule has 0 aromatic carbocycles. The van der Waals surface area contributed by atoms with Crippen molar-refractivity contribution in [3.05, 3.63) is 0 Å². The molecule has 15 heavy (non-hydrogen) atoms. The molecule has 0 aliphatic carbocycles. The second-order valence-electron chi connectivity index (χ2n) is 4.57. The van der Waals surface area contributed by atoms with Crippen molar-refractivity contribution in [2.75, 3.05) is 26.8 Å². The van der Waals surface area contributed by atoms with E-state index in [2.05, 4.69) is 6.92 Å². The summed E-state index contributed by atoms with van der Waals surface area (Å²) in [6, 6.07) is 0. The van der Waals surface area contributed by atoms with Gasteiger partial charge >= 0.3 is 6.09 Å². The van der Waals surface area contributed by atoms with Gasteiger partial charge in [-0.1, -0.05) is 6.92 Å². The third-order valence-corrected chi connectivity index (χ3v) is 3.55. The number of piperidine rings is 1. The van der Waals surface area contributed by atoms with Gasteiger partial charge in [0.25, 0.3) is 0 Å². The molecule has 2 unspecified atom stereocenters. The van der Waals surface area contributed by atoms with Gasteiger partial charge in [0.2, 0.25) is 0 Å². The third-order valence-electron chi connectivity index (χ3n) is 3.55. The molecule has 0 aromatic rings. The van der Waals surface area contributed by atoms with E-state index in [1.165, 1.54) is 7.11 Å². The number of amides is 1. The second-order valence-corrected chi connectivity index (χ2v) is 4.57. The smallest absolute Gasteiger partial charge is 0.409 e. The molecule has 2 aliphatic heterocycles. The van der Waals surface area contributed by atoms with Gasteiger partial charge < -0.3 is 14.4 Å². The van der Waals surface area contributed by atoms with E-state index < -0.39 is 0 Å². The van der Waals surface area contributed by atoms with Crippen molar-refractivity contribution in [3.63, 3.8) is 0 Å². The molecule has 0 saturated carbocycles. The highest BCUT2D eigenvalue weighted by Gasteiger charge is 2.37. The number of likely N-dealkylation sites (tertiary alicyclic amines) is 1. The number of methoxy groups -OCH3 is 1. The lowest BCUT2D eigenvalue weighted by Crippen LogP contribution is -2.48. The Morgan fingerprint density at radius 2 is 2.07 bits per heavy atom. The predicted molar refractivity (Wildman–Crippen MR) is 55.6 cm³/mol. The fourth-order valence-corrected chi connectivity index (χ4v) is 2.54. The fraction of sp³-hybridized carbons (Fsp3) is 0.909. The zero-order chi connectivity index (χ0) is 10.8. The van der Waals surface area contributed by atoms with Crippen LogP contribution in [0.1, 0.15) is 19.8 Å². The van der Waals surface area contributed by atoms with Crippen molar-refractivity contribution in [3.8, 4) is 0 Å². The molecule has 2 saturated heterocycles. The van der Waals surface area contributed by atoms with Crippen LogP contribution in [0.25, 0.3) is 0 Å². The largest absolute Gasteiger partial charge is 0.453 e. The maximum Gasteiger partial charge on any atom is 0.409 e. The van der Waals surface area contributed by atoms with Gasteiger partial charge in [-0.15, -0.1) is 0 Å². The first-order chi connectivity index (χ1) is 7.22. The van der Waals surface area contributed by atoms with Gasteiger partial charge in [-0.2, -0.15) is 0 Å². The first-order valence-corrected chi connectivity index (χ1v) is 5.67. The Hall–Kier alpha value is -0.770. The Bertz CT molecular complexity index is 236. The summed E-state index contributed by atoms with van der Waals surface area (Å²) in [5.74, 6) is 1.33. The van der Waals surface area contributed by atoms with E-state index in [0.29, 0.717) is 17.9 Å². The number of rotatable bonds is 1. The van der Waals surface area contributed by atoms with Crippen LogP contribution in [0.5, 0.6) is 0 Å². The summed E-state index contributed by atoms with van der Waals surface area (Å²) in [6.07, 6.45) is 2.33. The number of hydrogen-bond donors (Lipinski definition) is 0. The fourth-order valence-electron chi connectivity index (χ4n) is 2.54. The molecule has 2 heterocycles. The molecule has 2 atom stereocenters. The number of ether oxygens (including phenoxy) is 2. The van der Waals surface area contributed by atoms with Crippen LogP contribution in [-0.2, 0) is 9.47 Å². The van der Waals surface area contributed by atoms with Gasteiger partial charge in [0.15, 0.2) is 0 Å². The first kappa shape index (κ1) is 10.7. The minimum atomic E-state index is -0.198. The minimum absolute atomic E-state index is 0.198. The van der Waals surface area contributed by atoms with E-state index in [1.54, 1.807) is 4.90 Å². The van der Waals surface area contributed by atoms with E-state index in [0.717, 1.165) is 32.5 Å². The molecular formula is C11H19NO3. The third kappa shape index (κ3) is 2.09. The number of carbonyl (C=O) groups is 1. The highest BCUT2D eigenvalue weighted by molar-refractivity contribution is 5.67. The molecule has 4 nitrogen and oxygen atoms in total. The standard InChI is InChI=1S/C11H19NO3/c1-8-7-15-10(8)9-3-5-12(6-4-9)11(13)14-2/h8-10H,3-7H2,1-2H3. The lowest BCUT2D eigenvalue weighted by atomic mass is 9.82. The summed E-state index contributed by atoms with van der Waals surface area (Å²) >= 11 is 0. The monoisotopic (exact) mass is 213 g/mol. The van der Waals surface area contributed by atoms with Crippen LogP contribution in [0.3, 0.4) is 0 Å². The van der Waals surface area contributed by atoms with Crippen LogP contribution < -0.4 is 0 Å². The molecule has 0 N–H and O–H groups in total. The highest BCUT2D eigenvalue weighted by Crippen LogP contribution is 2.33. The van der Waals surface area contributed by atoms with Crippen molar-refractivity contribution in [2.45, 2.75) is 25.9 Å². The number of carbonyl (C=O) groups excluding carboxylic acids is 1. The SMILES string of the molecule is COC(=O)N1CCC(C2OCC2C)CC1. The van der Waals surface area contributed by atoms with Crippen LogP contribution in [0.15, 0.2) is 0 Å². The molecule has 0 radical (unpaired) electrons. The van der Waals surface area contributed by atoms with Crippen molar-refractivity contribution >= 4 is 6.09 Å². The predicted octanol–water partition coefficient (Wildman–Crippen LogP) is 1.50. The molecular weight excluding hydrogens is 194 g/mol. The van der Waals surface area contributed by atoms with Crippen LogP contribution >= 0.6 is 0 Å². The Morgan fingerprint density at radius 1 is 1.40 bits per heavy atom. The first-order valence-electron chi connectivity index (χ1n) is 5.67. The van der Waals surface area contributed by atoms with Crippen molar-refractivity contribution < 1.29 is 14.3 Å². The van der Waals surface area contributed by atoms with Crippen molar-refractivity contribution in [1.29, 1.82) is 0 Å². The summed E-state index contributed by atoms with van der Waals surface area (Å²) in [5, 5.41) is 0.